The number of carbonyl (C=O) groups is 1. The minimum absolute atomic E-state index is 0.0804. The van der Waals surface area contributed by atoms with Gasteiger partial charge in [0.05, 0.1) is 14.2 Å². The zero-order valence-corrected chi connectivity index (χ0v) is 15.5. The fourth-order valence-electron chi connectivity index (χ4n) is 2.43. The maximum absolute atomic E-state index is 13.7. The Balaban J connectivity index is 1.91. The van der Waals surface area contributed by atoms with Crippen LogP contribution in [-0.4, -0.2) is 26.6 Å². The molecule has 4 nitrogen and oxygen atoms in total. The van der Waals surface area contributed by atoms with Gasteiger partial charge in [0.25, 0.3) is 5.91 Å². The minimum Gasteiger partial charge on any atom is -0.494 e. The molecular formula is C18H21BrFN2O2+. The summed E-state index contributed by atoms with van der Waals surface area (Å²) in [6.45, 7) is 2.81. The van der Waals surface area contributed by atoms with E-state index in [9.17, 15) is 9.18 Å². The number of methoxy groups -OCH3 is 1. The third-order valence-electron chi connectivity index (χ3n) is 3.63. The van der Waals surface area contributed by atoms with Gasteiger partial charge < -0.3 is 15.0 Å². The number of ether oxygens (including phenoxy) is 1. The SMILES string of the molecule is COc1ccc(C[NH+](C)CC(=O)Nc2ccc(Br)c(C)c2)cc1F. The second-order valence-corrected chi connectivity index (χ2v) is 6.65. The van der Waals surface area contributed by atoms with E-state index >= 15 is 0 Å². The van der Waals surface area contributed by atoms with Crippen molar-refractivity contribution in [2.45, 2.75) is 13.5 Å². The zero-order chi connectivity index (χ0) is 17.7. The van der Waals surface area contributed by atoms with E-state index in [2.05, 4.69) is 21.2 Å². The summed E-state index contributed by atoms with van der Waals surface area (Å²) in [5, 5.41) is 2.88. The lowest BCUT2D eigenvalue weighted by molar-refractivity contribution is -0.885. The fraction of sp³-hybridized carbons (Fsp3) is 0.278. The van der Waals surface area contributed by atoms with E-state index in [1.807, 2.05) is 32.2 Å². The summed E-state index contributed by atoms with van der Waals surface area (Å²) in [7, 11) is 3.33. The molecule has 0 aromatic heterocycles. The summed E-state index contributed by atoms with van der Waals surface area (Å²) < 4.78 is 19.6. The quantitative estimate of drug-likeness (QED) is 0.789. The van der Waals surface area contributed by atoms with Crippen LogP contribution in [0.2, 0.25) is 0 Å². The summed E-state index contributed by atoms with van der Waals surface area (Å²) in [5.41, 5.74) is 2.64. The Bertz CT molecular complexity index is 737. The number of rotatable bonds is 6. The van der Waals surface area contributed by atoms with Crippen molar-refractivity contribution in [2.75, 3.05) is 26.0 Å². The number of likely N-dealkylation sites (N-methyl/N-ethyl adjacent to an activating group) is 1. The van der Waals surface area contributed by atoms with Crippen LogP contribution in [0.5, 0.6) is 5.75 Å². The van der Waals surface area contributed by atoms with E-state index in [1.165, 1.54) is 13.2 Å². The Morgan fingerprint density at radius 2 is 2.04 bits per heavy atom. The van der Waals surface area contributed by atoms with Gasteiger partial charge in [0.15, 0.2) is 18.1 Å². The van der Waals surface area contributed by atoms with Gasteiger partial charge in [-0.25, -0.2) is 4.39 Å². The van der Waals surface area contributed by atoms with E-state index in [1.54, 1.807) is 12.1 Å². The molecule has 2 rings (SSSR count). The second-order valence-electron chi connectivity index (χ2n) is 5.79. The lowest BCUT2D eigenvalue weighted by Crippen LogP contribution is -3.08. The molecule has 1 atom stereocenters. The highest BCUT2D eigenvalue weighted by atomic mass is 79.9. The summed E-state index contributed by atoms with van der Waals surface area (Å²) >= 11 is 3.43. The Labute approximate surface area is 149 Å². The smallest absolute Gasteiger partial charge is 0.279 e. The van der Waals surface area contributed by atoms with E-state index in [4.69, 9.17) is 4.74 Å². The molecule has 2 N–H and O–H groups in total. The molecule has 2 aromatic carbocycles. The maximum Gasteiger partial charge on any atom is 0.279 e. The van der Waals surface area contributed by atoms with Crippen molar-refractivity contribution in [3.8, 4) is 5.75 Å². The molecule has 128 valence electrons. The van der Waals surface area contributed by atoms with Gasteiger partial charge in [-0.15, -0.1) is 0 Å². The molecule has 0 aliphatic heterocycles. The lowest BCUT2D eigenvalue weighted by Gasteiger charge is -2.15. The highest BCUT2D eigenvalue weighted by molar-refractivity contribution is 9.10. The summed E-state index contributed by atoms with van der Waals surface area (Å²) in [4.78, 5) is 13.1. The molecule has 2 aromatic rings. The summed E-state index contributed by atoms with van der Waals surface area (Å²) in [6, 6.07) is 10.5. The molecule has 0 saturated heterocycles. The molecule has 24 heavy (non-hydrogen) atoms. The Hall–Kier alpha value is -1.92. The van der Waals surface area contributed by atoms with E-state index in [0.29, 0.717) is 13.1 Å². The topological polar surface area (TPSA) is 42.8 Å². The van der Waals surface area contributed by atoms with Crippen molar-refractivity contribution in [3.63, 3.8) is 0 Å². The number of hydrogen-bond acceptors (Lipinski definition) is 2. The van der Waals surface area contributed by atoms with Crippen LogP contribution in [0.4, 0.5) is 10.1 Å². The third kappa shape index (κ3) is 5.04. The van der Waals surface area contributed by atoms with Gasteiger partial charge in [-0.3, -0.25) is 4.79 Å². The monoisotopic (exact) mass is 395 g/mol. The number of quaternary nitrogens is 1. The van der Waals surface area contributed by atoms with Gasteiger partial charge in [0, 0.05) is 15.7 Å². The van der Waals surface area contributed by atoms with Gasteiger partial charge in [-0.1, -0.05) is 15.9 Å². The first-order chi connectivity index (χ1) is 11.4. The molecule has 6 heteroatoms. The molecule has 1 amide bonds. The number of benzene rings is 2. The standard InChI is InChI=1S/C18H20BrFN2O2/c1-12-8-14(5-6-15(12)19)21-18(23)11-22(2)10-13-4-7-17(24-3)16(20)9-13/h4-9H,10-11H2,1-3H3,(H,21,23)/p+1. The molecular weight excluding hydrogens is 375 g/mol. The molecule has 1 unspecified atom stereocenters. The first kappa shape index (κ1) is 18.4. The van der Waals surface area contributed by atoms with Crippen molar-refractivity contribution in [3.05, 3.63) is 57.8 Å². The lowest BCUT2D eigenvalue weighted by atomic mass is 10.2. The fourth-order valence-corrected chi connectivity index (χ4v) is 2.68. The van der Waals surface area contributed by atoms with E-state index in [-0.39, 0.29) is 11.7 Å². The van der Waals surface area contributed by atoms with Gasteiger partial charge >= 0.3 is 0 Å². The van der Waals surface area contributed by atoms with Crippen LogP contribution < -0.4 is 15.0 Å². The molecule has 0 aliphatic carbocycles. The highest BCUT2D eigenvalue weighted by Crippen LogP contribution is 2.20. The van der Waals surface area contributed by atoms with Crippen LogP contribution in [0, 0.1) is 12.7 Å². The first-order valence-electron chi connectivity index (χ1n) is 7.58. The van der Waals surface area contributed by atoms with Crippen molar-refractivity contribution in [1.29, 1.82) is 0 Å². The number of halogens is 2. The van der Waals surface area contributed by atoms with Crippen LogP contribution in [0.15, 0.2) is 40.9 Å². The van der Waals surface area contributed by atoms with Crippen molar-refractivity contribution < 1.29 is 18.8 Å². The van der Waals surface area contributed by atoms with Crippen molar-refractivity contribution in [2.24, 2.45) is 0 Å². The first-order valence-corrected chi connectivity index (χ1v) is 8.38. The minimum atomic E-state index is -0.391. The number of nitrogens with one attached hydrogen (secondary N) is 2. The Morgan fingerprint density at radius 3 is 2.67 bits per heavy atom. The molecule has 0 bridgehead atoms. The van der Waals surface area contributed by atoms with Crippen molar-refractivity contribution >= 4 is 27.5 Å². The molecule has 0 spiro atoms. The van der Waals surface area contributed by atoms with Crippen LogP contribution in [0.3, 0.4) is 0 Å². The van der Waals surface area contributed by atoms with Crippen LogP contribution >= 0.6 is 15.9 Å². The summed E-state index contributed by atoms with van der Waals surface area (Å²) in [6.07, 6.45) is 0. The average molecular weight is 396 g/mol. The number of hydrogen-bond donors (Lipinski definition) is 2. The zero-order valence-electron chi connectivity index (χ0n) is 14.0. The normalized spacial score (nSPS) is 11.9. The molecule has 0 radical (unpaired) electrons. The van der Waals surface area contributed by atoms with E-state index in [0.717, 1.165) is 26.2 Å². The highest BCUT2D eigenvalue weighted by Gasteiger charge is 2.13. The van der Waals surface area contributed by atoms with Gasteiger partial charge in [-0.05, 0) is 48.9 Å². The molecule has 0 saturated carbocycles. The number of amides is 1. The van der Waals surface area contributed by atoms with Crippen LogP contribution in [0.1, 0.15) is 11.1 Å². The number of carbonyl (C=O) groups excluding carboxylic acids is 1. The average Bonchev–Trinajstić information content (AvgIpc) is 2.51. The molecule has 0 aliphatic rings. The maximum atomic E-state index is 13.7. The van der Waals surface area contributed by atoms with Gasteiger partial charge in [-0.2, -0.15) is 0 Å². The Kier molecular flexibility index (Phi) is 6.34. The van der Waals surface area contributed by atoms with Crippen LogP contribution in [-0.2, 0) is 11.3 Å². The predicted octanol–water partition coefficient (Wildman–Crippen LogP) is 2.56. The van der Waals surface area contributed by atoms with Crippen LogP contribution in [0.25, 0.3) is 0 Å². The summed E-state index contributed by atoms with van der Waals surface area (Å²) in [5.74, 6) is -0.249. The van der Waals surface area contributed by atoms with Gasteiger partial charge in [0.2, 0.25) is 0 Å². The van der Waals surface area contributed by atoms with Crippen molar-refractivity contribution in [1.82, 2.24) is 0 Å². The van der Waals surface area contributed by atoms with Gasteiger partial charge in [0.1, 0.15) is 6.54 Å². The third-order valence-corrected chi connectivity index (χ3v) is 4.52. The Morgan fingerprint density at radius 1 is 1.29 bits per heavy atom. The number of aryl methyl sites for hydroxylation is 1. The van der Waals surface area contributed by atoms with E-state index < -0.39 is 5.82 Å². The molecule has 0 heterocycles. The second kappa shape index (κ2) is 8.26. The predicted molar refractivity (Wildman–Crippen MR) is 95.9 cm³/mol. The molecule has 0 fully saturated rings. The number of anilines is 1. The largest absolute Gasteiger partial charge is 0.494 e.